The Morgan fingerprint density at radius 1 is 1.11 bits per heavy atom. The van der Waals surface area contributed by atoms with E-state index < -0.39 is 41.2 Å². The van der Waals surface area contributed by atoms with Crippen molar-refractivity contribution in [3.05, 3.63) is 65.2 Å². The van der Waals surface area contributed by atoms with E-state index in [-0.39, 0.29) is 29.5 Å². The Hall–Kier alpha value is -3.26. The number of benzene rings is 2. The second-order valence-electron chi connectivity index (χ2n) is 7.95. The van der Waals surface area contributed by atoms with Crippen LogP contribution in [0, 0.1) is 11.6 Å². The molecule has 0 aliphatic rings. The Kier molecular flexibility index (Phi) is 10.4. The number of carbonyl (C=O) groups excluding carboxylic acids is 2. The summed E-state index contributed by atoms with van der Waals surface area (Å²) in [6.45, 7) is 1.95. The lowest BCUT2D eigenvalue weighted by atomic mass is 10.1. The molecule has 3 rings (SSSR count). The number of alkyl halides is 3. The molecule has 0 fully saturated rings. The number of rotatable bonds is 12. The predicted molar refractivity (Wildman–Crippen MR) is 133 cm³/mol. The summed E-state index contributed by atoms with van der Waals surface area (Å²) in [6, 6.07) is 6.47. The summed E-state index contributed by atoms with van der Waals surface area (Å²) in [5.41, 5.74) is -0.661. The molecule has 1 atom stereocenters. The first-order chi connectivity index (χ1) is 18.0. The molecule has 0 bridgehead atoms. The Bertz CT molecular complexity index is 1240. The number of nitrogens with one attached hydrogen (secondary N) is 2. The maximum atomic E-state index is 13.4. The first kappa shape index (κ1) is 29.3. The molecular formula is C24H23F5N4O3S2. The van der Waals surface area contributed by atoms with Crippen molar-refractivity contribution in [2.24, 2.45) is 0 Å². The van der Waals surface area contributed by atoms with Crippen molar-refractivity contribution in [2.45, 2.75) is 42.7 Å². The van der Waals surface area contributed by atoms with Gasteiger partial charge in [0.05, 0.1) is 18.6 Å². The number of thioether (sulfide) groups is 1. The van der Waals surface area contributed by atoms with E-state index in [0.717, 1.165) is 35.6 Å². The van der Waals surface area contributed by atoms with Gasteiger partial charge in [-0.25, -0.2) is 8.78 Å². The molecule has 1 aromatic heterocycles. The molecule has 3 aromatic rings. The number of ether oxygens (including phenoxy) is 1. The van der Waals surface area contributed by atoms with E-state index in [4.69, 9.17) is 4.74 Å². The quantitative estimate of drug-likeness (QED) is 0.129. The van der Waals surface area contributed by atoms with Crippen LogP contribution >= 0.6 is 23.1 Å². The molecule has 38 heavy (non-hydrogen) atoms. The first-order valence-corrected chi connectivity index (χ1v) is 13.1. The van der Waals surface area contributed by atoms with E-state index in [1.165, 1.54) is 23.9 Å². The normalized spacial score (nSPS) is 12.2. The van der Waals surface area contributed by atoms with E-state index in [1.807, 2.05) is 6.92 Å². The number of amides is 2. The number of hydrogen-bond donors (Lipinski definition) is 2. The van der Waals surface area contributed by atoms with Crippen LogP contribution in [0.2, 0.25) is 0 Å². The minimum absolute atomic E-state index is 0.0946. The Morgan fingerprint density at radius 3 is 2.53 bits per heavy atom. The van der Waals surface area contributed by atoms with Crippen molar-refractivity contribution in [2.75, 3.05) is 17.7 Å². The lowest BCUT2D eigenvalue weighted by Crippen LogP contribution is -2.44. The highest BCUT2D eigenvalue weighted by Crippen LogP contribution is 2.31. The number of carbonyl (C=O) groups is 2. The van der Waals surface area contributed by atoms with E-state index >= 15 is 0 Å². The van der Waals surface area contributed by atoms with E-state index in [9.17, 15) is 31.5 Å². The highest BCUT2D eigenvalue weighted by molar-refractivity contribution is 8.01. The molecule has 14 heteroatoms. The van der Waals surface area contributed by atoms with Crippen LogP contribution < -0.4 is 15.4 Å². The molecule has 7 nitrogen and oxygen atoms in total. The standard InChI is InChI=1S/C24H23F5N4O3S2/c1-2-4-19(30-20(34)11-14-9-16(25)13-17(26)10-14)21(35)31-22-32-33-23(38-22)37-8-7-36-18-6-3-5-15(12-18)24(27,28)29/h3,5-6,9-10,12-13,19H,2,4,7-8,11H2,1H3,(H,30,34)(H,31,32,35). The molecule has 2 aromatic carbocycles. The molecule has 0 aliphatic heterocycles. The van der Waals surface area contributed by atoms with Gasteiger partial charge < -0.3 is 10.1 Å². The maximum absolute atomic E-state index is 13.4. The van der Waals surface area contributed by atoms with Gasteiger partial charge in [0.1, 0.15) is 23.4 Å². The van der Waals surface area contributed by atoms with E-state index in [1.54, 1.807) is 0 Å². The molecule has 1 unspecified atom stereocenters. The zero-order valence-electron chi connectivity index (χ0n) is 20.0. The van der Waals surface area contributed by atoms with Gasteiger partial charge in [0.15, 0.2) is 4.34 Å². The summed E-state index contributed by atoms with van der Waals surface area (Å²) in [4.78, 5) is 25.1. The number of aromatic nitrogens is 2. The third-order valence-electron chi connectivity index (χ3n) is 4.89. The molecular weight excluding hydrogens is 551 g/mol. The molecule has 0 saturated heterocycles. The lowest BCUT2D eigenvalue weighted by Gasteiger charge is -2.17. The van der Waals surface area contributed by atoms with Crippen LogP contribution in [0.3, 0.4) is 0 Å². The van der Waals surface area contributed by atoms with Crippen LogP contribution in [-0.2, 0) is 22.2 Å². The van der Waals surface area contributed by atoms with Crippen molar-refractivity contribution in [1.29, 1.82) is 0 Å². The minimum Gasteiger partial charge on any atom is -0.493 e. The summed E-state index contributed by atoms with van der Waals surface area (Å²) in [7, 11) is 0. The average Bonchev–Trinajstić information content (AvgIpc) is 3.27. The van der Waals surface area contributed by atoms with Gasteiger partial charge >= 0.3 is 6.18 Å². The largest absolute Gasteiger partial charge is 0.493 e. The van der Waals surface area contributed by atoms with Crippen LogP contribution in [0.25, 0.3) is 0 Å². The van der Waals surface area contributed by atoms with Gasteiger partial charge in [0.2, 0.25) is 16.9 Å². The monoisotopic (exact) mass is 574 g/mol. The molecule has 0 aliphatic carbocycles. The van der Waals surface area contributed by atoms with Gasteiger partial charge in [-0.15, -0.1) is 10.2 Å². The Balaban J connectivity index is 1.47. The molecule has 204 valence electrons. The predicted octanol–water partition coefficient (Wildman–Crippen LogP) is 5.47. The van der Waals surface area contributed by atoms with Gasteiger partial charge in [-0.05, 0) is 42.3 Å². The van der Waals surface area contributed by atoms with Crippen LogP contribution in [0.4, 0.5) is 27.1 Å². The SMILES string of the molecule is CCCC(NC(=O)Cc1cc(F)cc(F)c1)C(=O)Nc1nnc(SCCOc2cccc(C(F)(F)F)c2)s1. The molecule has 2 N–H and O–H groups in total. The summed E-state index contributed by atoms with van der Waals surface area (Å²) in [5.74, 6) is -2.24. The second kappa shape index (κ2) is 13.5. The highest BCUT2D eigenvalue weighted by Gasteiger charge is 2.30. The van der Waals surface area contributed by atoms with Crippen molar-refractivity contribution in [1.82, 2.24) is 15.5 Å². The number of halogens is 5. The zero-order chi connectivity index (χ0) is 27.7. The summed E-state index contributed by atoms with van der Waals surface area (Å²) in [5, 5.41) is 13.2. The summed E-state index contributed by atoms with van der Waals surface area (Å²) >= 11 is 2.33. The summed E-state index contributed by atoms with van der Waals surface area (Å²) < 4.78 is 71.0. The van der Waals surface area contributed by atoms with Gasteiger partial charge in [-0.3, -0.25) is 14.9 Å². The fourth-order valence-corrected chi connectivity index (χ4v) is 4.91. The van der Waals surface area contributed by atoms with Crippen molar-refractivity contribution < 1.29 is 36.3 Å². The Labute approximate surface area is 223 Å². The first-order valence-electron chi connectivity index (χ1n) is 11.3. The van der Waals surface area contributed by atoms with Crippen molar-refractivity contribution >= 4 is 40.0 Å². The highest BCUT2D eigenvalue weighted by atomic mass is 32.2. The topological polar surface area (TPSA) is 93.2 Å². The second-order valence-corrected chi connectivity index (χ2v) is 10.3. The fraction of sp³-hybridized carbons (Fsp3) is 0.333. The summed E-state index contributed by atoms with van der Waals surface area (Å²) in [6.07, 6.45) is -3.86. The molecule has 0 spiro atoms. The van der Waals surface area contributed by atoms with Crippen LogP contribution in [0.1, 0.15) is 30.9 Å². The number of anilines is 1. The van der Waals surface area contributed by atoms with Crippen molar-refractivity contribution in [3.63, 3.8) is 0 Å². The van der Waals surface area contributed by atoms with Gasteiger partial charge in [-0.1, -0.05) is 42.5 Å². The third-order valence-corrected chi connectivity index (χ3v) is 6.83. The van der Waals surface area contributed by atoms with Crippen LogP contribution in [0.15, 0.2) is 46.8 Å². The molecule has 1 heterocycles. The smallest absolute Gasteiger partial charge is 0.416 e. The van der Waals surface area contributed by atoms with Crippen molar-refractivity contribution in [3.8, 4) is 5.75 Å². The fourth-order valence-electron chi connectivity index (χ4n) is 3.26. The van der Waals surface area contributed by atoms with Gasteiger partial charge in [0.25, 0.3) is 0 Å². The maximum Gasteiger partial charge on any atom is 0.416 e. The minimum atomic E-state index is -4.46. The molecule has 2 amide bonds. The average molecular weight is 575 g/mol. The zero-order valence-corrected chi connectivity index (χ0v) is 21.6. The lowest BCUT2D eigenvalue weighted by molar-refractivity contribution is -0.137. The number of hydrogen-bond acceptors (Lipinski definition) is 7. The number of nitrogens with zero attached hydrogens (tertiary/aromatic N) is 2. The molecule has 0 saturated carbocycles. The van der Waals surface area contributed by atoms with Crippen LogP contribution in [-0.4, -0.2) is 40.4 Å². The van der Waals surface area contributed by atoms with E-state index in [0.29, 0.717) is 29.0 Å². The van der Waals surface area contributed by atoms with Gasteiger partial charge in [-0.2, -0.15) is 13.2 Å². The van der Waals surface area contributed by atoms with E-state index in [2.05, 4.69) is 20.8 Å². The van der Waals surface area contributed by atoms with Crippen LogP contribution in [0.5, 0.6) is 5.75 Å². The third kappa shape index (κ3) is 9.24. The van der Waals surface area contributed by atoms with Gasteiger partial charge in [0, 0.05) is 11.8 Å². The molecule has 0 radical (unpaired) electrons. The Morgan fingerprint density at radius 2 is 1.84 bits per heavy atom.